The van der Waals surface area contributed by atoms with Gasteiger partial charge in [0.25, 0.3) is 0 Å². The van der Waals surface area contributed by atoms with E-state index in [9.17, 15) is 0 Å². The summed E-state index contributed by atoms with van der Waals surface area (Å²) in [6, 6.07) is 0. The van der Waals surface area contributed by atoms with Crippen LogP contribution in [-0.4, -0.2) is 10.2 Å². The molecule has 0 aliphatic heterocycles. The predicted octanol–water partition coefficient (Wildman–Crippen LogP) is 2.34. The maximum Gasteiger partial charge on any atom is 0.0585 e. The van der Waals surface area contributed by atoms with Gasteiger partial charge in [-0.1, -0.05) is 5.57 Å². The summed E-state index contributed by atoms with van der Waals surface area (Å²) < 4.78 is 2.18. The van der Waals surface area contributed by atoms with E-state index in [4.69, 9.17) is 0 Å². The van der Waals surface area contributed by atoms with Crippen LogP contribution in [0.1, 0.15) is 19.8 Å². The Morgan fingerprint density at radius 2 is 2.12 bits per heavy atom. The summed E-state index contributed by atoms with van der Waals surface area (Å²) in [6.07, 6.45) is 2.59. The summed E-state index contributed by atoms with van der Waals surface area (Å²) in [5.74, 6) is 0. The van der Waals surface area contributed by atoms with Gasteiger partial charge in [-0.25, -0.2) is 0 Å². The van der Waals surface area contributed by atoms with Crippen LogP contribution in [0.4, 0.5) is 0 Å². The second-order valence-electron chi connectivity index (χ2n) is 2.20. The molecule has 0 saturated carbocycles. The van der Waals surface area contributed by atoms with Crippen molar-refractivity contribution >= 4 is 22.9 Å². The van der Waals surface area contributed by atoms with E-state index >= 15 is 0 Å². The van der Waals surface area contributed by atoms with Gasteiger partial charge in [0.2, 0.25) is 0 Å². The van der Waals surface area contributed by atoms with Crippen molar-refractivity contribution < 1.29 is 0 Å². The van der Waals surface area contributed by atoms with Gasteiger partial charge >= 0.3 is 0 Å². The van der Waals surface area contributed by atoms with Crippen LogP contribution in [0.2, 0.25) is 0 Å². The molecule has 1 nitrogen and oxygen atoms in total. The van der Waals surface area contributed by atoms with Crippen LogP contribution in [0.15, 0.2) is 11.3 Å². The van der Waals surface area contributed by atoms with Crippen LogP contribution >= 0.6 is 22.9 Å². The monoisotopic (exact) mass is 223 g/mol. The summed E-state index contributed by atoms with van der Waals surface area (Å²) in [6.45, 7) is 2.20. The van der Waals surface area contributed by atoms with Crippen molar-refractivity contribution in [3.8, 4) is 0 Å². The molecular weight excluding hydrogens is 213 g/mol. The first-order valence-electron chi connectivity index (χ1n) is 2.80. The highest BCUT2D eigenvalue weighted by Crippen LogP contribution is 2.30. The minimum Gasteiger partial charge on any atom is -0.322 e. The Bertz CT molecular complexity index is 126. The zero-order valence-corrected chi connectivity index (χ0v) is 7.40. The Balaban J connectivity index is 2.59. The zero-order chi connectivity index (χ0) is 6.15. The number of allylic oxidation sites excluding steroid dienone is 2. The normalized spacial score (nSPS) is 18.4. The van der Waals surface area contributed by atoms with E-state index in [0.29, 0.717) is 0 Å². The fraction of sp³-hybridized carbons (Fsp3) is 0.667. The Hall–Kier alpha value is 0.270. The number of rotatable bonds is 1. The maximum atomic E-state index is 2.31. The lowest BCUT2D eigenvalue weighted by atomic mass is 9.96. The van der Waals surface area contributed by atoms with E-state index < -0.39 is 0 Å². The van der Waals surface area contributed by atoms with Crippen LogP contribution in [0.25, 0.3) is 0 Å². The molecule has 2 heteroatoms. The minimum atomic E-state index is 1.28. The molecule has 0 aromatic carbocycles. The second-order valence-corrected chi connectivity index (χ2v) is 3.65. The first kappa shape index (κ1) is 6.39. The number of halogens is 1. The van der Waals surface area contributed by atoms with E-state index in [1.54, 1.807) is 5.57 Å². The molecule has 0 spiro atoms. The summed E-state index contributed by atoms with van der Waals surface area (Å²) in [7, 11) is 2.10. The number of hydrogen-bond donors (Lipinski definition) is 0. The molecule has 0 heterocycles. The van der Waals surface area contributed by atoms with E-state index in [-0.39, 0.29) is 0 Å². The standard InChI is InChI=1S/C6H10IN/c1-5-3-4-6(5)8(2)7/h3-4H2,1-2H3. The van der Waals surface area contributed by atoms with Crippen molar-refractivity contribution in [3.63, 3.8) is 0 Å². The molecule has 1 rings (SSSR count). The lowest BCUT2D eigenvalue weighted by Crippen LogP contribution is -2.13. The van der Waals surface area contributed by atoms with Crippen LogP contribution in [0.3, 0.4) is 0 Å². The maximum absolute atomic E-state index is 2.31. The number of nitrogens with zero attached hydrogens (tertiary/aromatic N) is 1. The summed E-state index contributed by atoms with van der Waals surface area (Å²) in [4.78, 5) is 0. The van der Waals surface area contributed by atoms with Crippen molar-refractivity contribution in [2.45, 2.75) is 19.8 Å². The fourth-order valence-corrected chi connectivity index (χ4v) is 1.56. The molecule has 0 unspecified atom stereocenters. The Morgan fingerprint density at radius 3 is 2.12 bits per heavy atom. The van der Waals surface area contributed by atoms with E-state index in [0.717, 1.165) is 0 Å². The largest absolute Gasteiger partial charge is 0.322 e. The van der Waals surface area contributed by atoms with Crippen molar-refractivity contribution in [3.05, 3.63) is 11.3 Å². The van der Waals surface area contributed by atoms with Crippen molar-refractivity contribution in [2.24, 2.45) is 0 Å². The van der Waals surface area contributed by atoms with Gasteiger partial charge in [-0.15, -0.1) is 0 Å². The van der Waals surface area contributed by atoms with Crippen molar-refractivity contribution in [1.29, 1.82) is 0 Å². The van der Waals surface area contributed by atoms with Gasteiger partial charge < -0.3 is 3.11 Å². The third-order valence-corrected chi connectivity index (χ3v) is 2.18. The fourth-order valence-electron chi connectivity index (χ4n) is 0.904. The molecule has 1 aliphatic rings. The van der Waals surface area contributed by atoms with Crippen LogP contribution in [-0.2, 0) is 0 Å². The average Bonchev–Trinajstić information content (AvgIpc) is 1.61. The van der Waals surface area contributed by atoms with Crippen molar-refractivity contribution in [2.75, 3.05) is 7.05 Å². The molecule has 0 bridgehead atoms. The molecule has 0 N–H and O–H groups in total. The average molecular weight is 223 g/mol. The van der Waals surface area contributed by atoms with Gasteiger partial charge in [-0.3, -0.25) is 0 Å². The molecule has 0 amide bonds. The van der Waals surface area contributed by atoms with Crippen molar-refractivity contribution in [1.82, 2.24) is 3.11 Å². The minimum absolute atomic E-state index is 1.28. The molecule has 0 fully saturated rings. The molecule has 46 valence electrons. The summed E-state index contributed by atoms with van der Waals surface area (Å²) >= 11 is 2.31. The zero-order valence-electron chi connectivity index (χ0n) is 5.24. The highest BCUT2D eigenvalue weighted by atomic mass is 127. The molecule has 1 aliphatic carbocycles. The molecule has 0 atom stereocenters. The topological polar surface area (TPSA) is 3.24 Å². The summed E-state index contributed by atoms with van der Waals surface area (Å²) in [5, 5.41) is 0. The van der Waals surface area contributed by atoms with Crippen LogP contribution < -0.4 is 0 Å². The smallest absolute Gasteiger partial charge is 0.0585 e. The van der Waals surface area contributed by atoms with Gasteiger partial charge in [0.05, 0.1) is 22.9 Å². The third kappa shape index (κ3) is 0.989. The first-order chi connectivity index (χ1) is 3.72. The predicted molar refractivity (Wildman–Crippen MR) is 43.7 cm³/mol. The lowest BCUT2D eigenvalue weighted by molar-refractivity contribution is 0.609. The van der Waals surface area contributed by atoms with E-state index in [2.05, 4.69) is 39.9 Å². The highest BCUT2D eigenvalue weighted by molar-refractivity contribution is 14.1. The molecule has 0 aromatic heterocycles. The molecule has 0 saturated heterocycles. The molecule has 8 heavy (non-hydrogen) atoms. The van der Waals surface area contributed by atoms with E-state index in [1.165, 1.54) is 18.5 Å². The van der Waals surface area contributed by atoms with Crippen LogP contribution in [0.5, 0.6) is 0 Å². The van der Waals surface area contributed by atoms with E-state index in [1.807, 2.05) is 0 Å². The Kier molecular flexibility index (Phi) is 1.80. The molecule has 0 aromatic rings. The summed E-state index contributed by atoms with van der Waals surface area (Å²) in [5.41, 5.74) is 3.08. The first-order valence-corrected chi connectivity index (χ1v) is 3.76. The Morgan fingerprint density at radius 1 is 1.50 bits per heavy atom. The van der Waals surface area contributed by atoms with Gasteiger partial charge in [0, 0.05) is 12.7 Å². The van der Waals surface area contributed by atoms with Gasteiger partial charge in [0.15, 0.2) is 0 Å². The van der Waals surface area contributed by atoms with Gasteiger partial charge in [-0.2, -0.15) is 0 Å². The van der Waals surface area contributed by atoms with Gasteiger partial charge in [-0.05, 0) is 19.8 Å². The quantitative estimate of drug-likeness (QED) is 0.487. The lowest BCUT2D eigenvalue weighted by Gasteiger charge is -2.25. The van der Waals surface area contributed by atoms with Gasteiger partial charge in [0.1, 0.15) is 0 Å². The second kappa shape index (κ2) is 2.25. The van der Waals surface area contributed by atoms with Crippen LogP contribution in [0, 0.1) is 0 Å². The Labute approximate surface area is 64.2 Å². The number of hydrogen-bond acceptors (Lipinski definition) is 1. The highest BCUT2D eigenvalue weighted by Gasteiger charge is 2.14. The molecule has 0 radical (unpaired) electrons. The molecular formula is C6H10IN. The third-order valence-electron chi connectivity index (χ3n) is 1.60. The SMILES string of the molecule is CC1=C(N(C)I)CC1.